The number of aromatic nitrogens is 2. The molecule has 0 saturated heterocycles. The molecule has 3 aromatic rings. The van der Waals surface area contributed by atoms with Crippen molar-refractivity contribution < 1.29 is 9.53 Å². The Morgan fingerprint density at radius 1 is 1.08 bits per heavy atom. The van der Waals surface area contributed by atoms with Gasteiger partial charge in [-0.25, -0.2) is 9.78 Å². The Kier molecular flexibility index (Phi) is 5.32. The minimum Gasteiger partial charge on any atom is -0.456 e. The average Bonchev–Trinajstić information content (AvgIpc) is 2.96. The zero-order valence-electron chi connectivity index (χ0n) is 15.1. The van der Waals surface area contributed by atoms with Gasteiger partial charge >= 0.3 is 5.97 Å². The molecule has 0 bridgehead atoms. The van der Waals surface area contributed by atoms with E-state index < -0.39 is 5.97 Å². The number of ether oxygens (including phenoxy) is 1. The molecule has 0 radical (unpaired) electrons. The Morgan fingerprint density at radius 2 is 1.69 bits per heavy atom. The normalized spacial score (nSPS) is 10.5. The molecular weight excluding hydrogens is 324 g/mol. The molecule has 0 spiro atoms. The first kappa shape index (κ1) is 17.7. The summed E-state index contributed by atoms with van der Waals surface area (Å²) in [4.78, 5) is 16.5. The first-order valence-corrected chi connectivity index (χ1v) is 8.55. The van der Waals surface area contributed by atoms with Crippen LogP contribution in [0.2, 0.25) is 0 Å². The van der Waals surface area contributed by atoms with E-state index in [1.165, 1.54) is 5.56 Å². The van der Waals surface area contributed by atoms with Crippen molar-refractivity contribution >= 4 is 5.97 Å². The third-order valence-corrected chi connectivity index (χ3v) is 4.18. The predicted octanol–water partition coefficient (Wildman–Crippen LogP) is 4.39. The summed E-state index contributed by atoms with van der Waals surface area (Å²) in [5.74, 6) is 0.518. The Bertz CT molecular complexity index is 912. The van der Waals surface area contributed by atoms with Gasteiger partial charge in [-0.3, -0.25) is 0 Å². The highest BCUT2D eigenvalue weighted by Crippen LogP contribution is 2.21. The van der Waals surface area contributed by atoms with Gasteiger partial charge in [-0.1, -0.05) is 55.1 Å². The van der Waals surface area contributed by atoms with Crippen LogP contribution in [0.15, 0.2) is 72.8 Å². The predicted molar refractivity (Wildman–Crippen MR) is 102 cm³/mol. The van der Waals surface area contributed by atoms with Gasteiger partial charge in [0.25, 0.3) is 0 Å². The third kappa shape index (κ3) is 3.91. The molecule has 3 rings (SSSR count). The number of carbonyl (C=O) groups excluding carboxylic acids is 1. The van der Waals surface area contributed by atoms with Gasteiger partial charge in [-0.15, -0.1) is 0 Å². The van der Waals surface area contributed by atoms with Crippen molar-refractivity contribution in [1.29, 1.82) is 0 Å². The van der Waals surface area contributed by atoms with Gasteiger partial charge in [0.1, 0.15) is 12.4 Å². The molecule has 0 fully saturated rings. The number of hydrogen-bond acceptors (Lipinski definition) is 3. The summed E-state index contributed by atoms with van der Waals surface area (Å²) in [6, 6.07) is 20.3. The van der Waals surface area contributed by atoms with Gasteiger partial charge in [-0.2, -0.15) is 0 Å². The van der Waals surface area contributed by atoms with Crippen molar-refractivity contribution in [3.05, 3.63) is 95.6 Å². The number of rotatable bonds is 6. The number of esters is 1. The zero-order valence-corrected chi connectivity index (χ0v) is 15.1. The van der Waals surface area contributed by atoms with Crippen molar-refractivity contribution in [1.82, 2.24) is 9.55 Å². The molecule has 2 aromatic carbocycles. The van der Waals surface area contributed by atoms with E-state index in [1.807, 2.05) is 55.5 Å². The molecule has 0 unspecified atom stereocenters. The molecule has 26 heavy (non-hydrogen) atoms. The molecule has 0 aliphatic rings. The van der Waals surface area contributed by atoms with Gasteiger partial charge < -0.3 is 9.30 Å². The molecule has 0 atom stereocenters. The molecule has 132 valence electrons. The van der Waals surface area contributed by atoms with Crippen LogP contribution in [0.4, 0.5) is 0 Å². The number of imidazole rings is 1. The van der Waals surface area contributed by atoms with Gasteiger partial charge in [0.15, 0.2) is 0 Å². The van der Waals surface area contributed by atoms with E-state index in [1.54, 1.807) is 6.92 Å². The van der Waals surface area contributed by atoms with E-state index >= 15 is 0 Å². The Morgan fingerprint density at radius 3 is 2.31 bits per heavy atom. The van der Waals surface area contributed by atoms with Gasteiger partial charge in [0.05, 0.1) is 5.69 Å². The van der Waals surface area contributed by atoms with Crippen molar-refractivity contribution in [2.75, 3.05) is 0 Å². The lowest BCUT2D eigenvalue weighted by Gasteiger charge is -2.10. The van der Waals surface area contributed by atoms with E-state index in [0.717, 1.165) is 22.9 Å². The topological polar surface area (TPSA) is 44.1 Å². The van der Waals surface area contributed by atoms with Crippen LogP contribution in [0.25, 0.3) is 5.69 Å². The zero-order chi connectivity index (χ0) is 18.5. The Hall–Kier alpha value is -3.14. The molecule has 0 N–H and O–H groups in total. The number of carbonyl (C=O) groups is 1. The fourth-order valence-electron chi connectivity index (χ4n) is 2.82. The molecule has 0 amide bonds. The minimum atomic E-state index is -0.400. The van der Waals surface area contributed by atoms with Crippen LogP contribution < -0.4 is 0 Å². The second kappa shape index (κ2) is 7.83. The highest BCUT2D eigenvalue weighted by atomic mass is 16.5. The largest absolute Gasteiger partial charge is 0.456 e. The molecule has 0 aliphatic heterocycles. The van der Waals surface area contributed by atoms with Crippen LogP contribution in [-0.2, 0) is 22.6 Å². The standard InChI is InChI=1S/C22H22N2O2/c1-16(2)22(25)26-15-20-17(3)24(19-12-8-5-9-13-19)21(23-20)14-18-10-6-4-7-11-18/h4-13H,1,14-15H2,2-3H3. The highest BCUT2D eigenvalue weighted by Gasteiger charge is 2.17. The quantitative estimate of drug-likeness (QED) is 0.491. The minimum absolute atomic E-state index is 0.138. The van der Waals surface area contributed by atoms with Crippen LogP contribution in [0.5, 0.6) is 0 Å². The second-order valence-electron chi connectivity index (χ2n) is 6.25. The second-order valence-corrected chi connectivity index (χ2v) is 6.25. The van der Waals surface area contributed by atoms with E-state index in [4.69, 9.17) is 9.72 Å². The molecular formula is C22H22N2O2. The molecule has 1 heterocycles. The summed E-state index contributed by atoms with van der Waals surface area (Å²) in [5.41, 5.74) is 4.33. The molecule has 4 nitrogen and oxygen atoms in total. The SMILES string of the molecule is C=C(C)C(=O)OCc1nc(Cc2ccccc2)n(-c2ccccc2)c1C. The lowest BCUT2D eigenvalue weighted by Crippen LogP contribution is -2.06. The van der Waals surface area contributed by atoms with E-state index in [-0.39, 0.29) is 6.61 Å². The van der Waals surface area contributed by atoms with Gasteiger partial charge in [0.2, 0.25) is 0 Å². The van der Waals surface area contributed by atoms with Crippen LogP contribution >= 0.6 is 0 Å². The van der Waals surface area contributed by atoms with Crippen molar-refractivity contribution in [2.45, 2.75) is 26.9 Å². The summed E-state index contributed by atoms with van der Waals surface area (Å²) >= 11 is 0. The van der Waals surface area contributed by atoms with Gasteiger partial charge in [-0.05, 0) is 31.5 Å². The van der Waals surface area contributed by atoms with E-state index in [9.17, 15) is 4.79 Å². The monoisotopic (exact) mass is 346 g/mol. The Labute approximate surface area is 153 Å². The smallest absolute Gasteiger partial charge is 0.333 e. The first-order valence-electron chi connectivity index (χ1n) is 8.55. The van der Waals surface area contributed by atoms with Crippen molar-refractivity contribution in [2.24, 2.45) is 0 Å². The van der Waals surface area contributed by atoms with E-state index in [2.05, 4.69) is 23.3 Å². The molecule has 1 aromatic heterocycles. The maximum atomic E-state index is 11.7. The van der Waals surface area contributed by atoms with E-state index in [0.29, 0.717) is 12.0 Å². The molecule has 0 saturated carbocycles. The number of hydrogen-bond donors (Lipinski definition) is 0. The number of benzene rings is 2. The summed E-state index contributed by atoms with van der Waals surface area (Å²) in [6.45, 7) is 7.39. The van der Waals surface area contributed by atoms with Crippen LogP contribution in [-0.4, -0.2) is 15.5 Å². The third-order valence-electron chi connectivity index (χ3n) is 4.18. The highest BCUT2D eigenvalue weighted by molar-refractivity contribution is 5.86. The average molecular weight is 346 g/mol. The van der Waals surface area contributed by atoms with Crippen LogP contribution in [0.3, 0.4) is 0 Å². The maximum absolute atomic E-state index is 11.7. The molecule has 0 aliphatic carbocycles. The summed E-state index contributed by atoms with van der Waals surface area (Å²) < 4.78 is 7.43. The van der Waals surface area contributed by atoms with Crippen molar-refractivity contribution in [3.8, 4) is 5.69 Å². The lowest BCUT2D eigenvalue weighted by molar-refractivity contribution is -0.140. The van der Waals surface area contributed by atoms with Crippen LogP contribution in [0.1, 0.15) is 29.7 Å². The van der Waals surface area contributed by atoms with Gasteiger partial charge in [0, 0.05) is 23.4 Å². The fraction of sp³-hybridized carbons (Fsp3) is 0.182. The first-order chi connectivity index (χ1) is 12.6. The fourth-order valence-corrected chi connectivity index (χ4v) is 2.82. The number of para-hydroxylation sites is 1. The summed E-state index contributed by atoms with van der Waals surface area (Å²) in [6.07, 6.45) is 0.699. The van der Waals surface area contributed by atoms with Crippen LogP contribution in [0, 0.1) is 6.92 Å². The number of nitrogens with zero attached hydrogens (tertiary/aromatic N) is 2. The molecule has 4 heteroatoms. The Balaban J connectivity index is 1.97. The summed E-state index contributed by atoms with van der Waals surface area (Å²) in [7, 11) is 0. The lowest BCUT2D eigenvalue weighted by atomic mass is 10.1. The maximum Gasteiger partial charge on any atom is 0.333 e. The van der Waals surface area contributed by atoms with Crippen molar-refractivity contribution in [3.63, 3.8) is 0 Å². The summed E-state index contributed by atoms with van der Waals surface area (Å²) in [5, 5.41) is 0.